The molecule has 8 heteroatoms. The average Bonchev–Trinajstić information content (AvgIpc) is 3.48. The number of hydrogen-bond acceptors (Lipinski definition) is 5. The standard InChI is InChI=1S/C40H39ClN2O5/c1-22-18-24(19-23(2)35(22)44)34-29-16-17-30-33(38(47)42(36(30)45)27-13-7-4-8-14-27)31(29)21-32-37(46)43(28-15-9-12-26(41)20-28)39(48)40(32,34)25-10-5-3-6-11-25/h3,5-6,9-12,15-16,18-20,27,30-34,44H,4,7-8,13-14,17,21H2,1-2H3/t30-,31+,32-,33-,34-,40+/m0/s1. The van der Waals surface area contributed by atoms with Gasteiger partial charge in [0.25, 0.3) is 0 Å². The molecule has 0 bridgehead atoms. The van der Waals surface area contributed by atoms with Crippen LogP contribution in [0.2, 0.25) is 5.02 Å². The number of benzene rings is 3. The molecule has 3 aliphatic carbocycles. The van der Waals surface area contributed by atoms with Crippen molar-refractivity contribution in [1.82, 2.24) is 4.90 Å². The van der Waals surface area contributed by atoms with Crippen molar-refractivity contribution >= 4 is 40.9 Å². The molecule has 7 nitrogen and oxygen atoms in total. The number of halogens is 1. The van der Waals surface area contributed by atoms with E-state index in [2.05, 4.69) is 6.08 Å². The highest BCUT2D eigenvalue weighted by atomic mass is 35.5. The van der Waals surface area contributed by atoms with Gasteiger partial charge >= 0.3 is 0 Å². The number of fused-ring (bicyclic) bond motifs is 4. The summed E-state index contributed by atoms with van der Waals surface area (Å²) in [5, 5.41) is 11.2. The van der Waals surface area contributed by atoms with Crippen molar-refractivity contribution in [2.24, 2.45) is 23.7 Å². The average molecular weight is 663 g/mol. The normalized spacial score (nSPS) is 30.3. The molecular weight excluding hydrogens is 624 g/mol. The Morgan fingerprint density at radius 3 is 2.21 bits per heavy atom. The molecule has 0 radical (unpaired) electrons. The summed E-state index contributed by atoms with van der Waals surface area (Å²) >= 11 is 6.41. The van der Waals surface area contributed by atoms with Crippen molar-refractivity contribution in [2.45, 2.75) is 76.2 Å². The number of allylic oxidation sites excluding steroid dienone is 2. The molecule has 6 atom stereocenters. The molecule has 2 heterocycles. The number of aryl methyl sites for hydroxylation is 2. The van der Waals surface area contributed by atoms with E-state index in [0.717, 1.165) is 48.8 Å². The number of carbonyl (C=O) groups excluding carboxylic acids is 4. The van der Waals surface area contributed by atoms with E-state index in [1.54, 1.807) is 29.2 Å². The van der Waals surface area contributed by atoms with Gasteiger partial charge in [-0.05, 0) is 85.9 Å². The zero-order valence-corrected chi connectivity index (χ0v) is 28.0. The monoisotopic (exact) mass is 662 g/mol. The molecule has 1 N–H and O–H groups in total. The van der Waals surface area contributed by atoms with Gasteiger partial charge in [0.2, 0.25) is 23.6 Å². The molecular formula is C40H39ClN2O5. The Balaban J connectivity index is 1.35. The Labute approximate surface area is 285 Å². The van der Waals surface area contributed by atoms with Crippen molar-refractivity contribution in [3.8, 4) is 5.75 Å². The third kappa shape index (κ3) is 4.32. The van der Waals surface area contributed by atoms with Gasteiger partial charge in [-0.25, -0.2) is 4.90 Å². The molecule has 2 aliphatic heterocycles. The summed E-state index contributed by atoms with van der Waals surface area (Å²) in [6.45, 7) is 3.68. The number of amides is 4. The van der Waals surface area contributed by atoms with Crippen LogP contribution in [0.3, 0.4) is 0 Å². The summed E-state index contributed by atoms with van der Waals surface area (Å²) in [5.74, 6) is -3.57. The molecule has 0 aromatic heterocycles. The van der Waals surface area contributed by atoms with Crippen molar-refractivity contribution in [3.05, 3.63) is 106 Å². The fraction of sp³-hybridized carbons (Fsp3) is 0.400. The maximum atomic E-state index is 15.3. The molecule has 2 saturated carbocycles. The highest BCUT2D eigenvalue weighted by Crippen LogP contribution is 2.64. The molecule has 8 rings (SSSR count). The van der Waals surface area contributed by atoms with Gasteiger partial charge in [-0.1, -0.05) is 91.0 Å². The lowest BCUT2D eigenvalue weighted by Gasteiger charge is -2.51. The fourth-order valence-corrected chi connectivity index (χ4v) is 10.2. The first-order valence-corrected chi connectivity index (χ1v) is 17.6. The van der Waals surface area contributed by atoms with Crippen LogP contribution in [-0.2, 0) is 24.6 Å². The molecule has 246 valence electrons. The Hall–Kier alpha value is -4.23. The maximum absolute atomic E-state index is 15.3. The highest BCUT2D eigenvalue weighted by Gasteiger charge is 2.70. The molecule has 0 spiro atoms. The third-order valence-electron chi connectivity index (χ3n) is 12.0. The number of aromatic hydroxyl groups is 1. The number of carbonyl (C=O) groups is 4. The zero-order valence-electron chi connectivity index (χ0n) is 27.2. The fourth-order valence-electron chi connectivity index (χ4n) is 10.00. The summed E-state index contributed by atoms with van der Waals surface area (Å²) in [7, 11) is 0. The quantitative estimate of drug-likeness (QED) is 0.236. The number of rotatable bonds is 4. The number of nitrogens with zero attached hydrogens (tertiary/aromatic N) is 2. The smallest absolute Gasteiger partial charge is 0.246 e. The van der Waals surface area contributed by atoms with E-state index in [1.807, 2.05) is 56.3 Å². The van der Waals surface area contributed by atoms with Gasteiger partial charge < -0.3 is 5.11 Å². The van der Waals surface area contributed by atoms with E-state index >= 15 is 4.79 Å². The first kappa shape index (κ1) is 31.1. The summed E-state index contributed by atoms with van der Waals surface area (Å²) in [4.78, 5) is 61.6. The number of phenols is 1. The van der Waals surface area contributed by atoms with E-state index in [-0.39, 0.29) is 41.8 Å². The molecule has 0 unspecified atom stereocenters. The van der Waals surface area contributed by atoms with Crippen LogP contribution >= 0.6 is 11.6 Å². The number of imide groups is 2. The van der Waals surface area contributed by atoms with E-state index in [1.165, 1.54) is 4.90 Å². The Bertz CT molecular complexity index is 1880. The largest absolute Gasteiger partial charge is 0.507 e. The zero-order chi connectivity index (χ0) is 33.5. The lowest BCUT2D eigenvalue weighted by molar-refractivity contribution is -0.143. The second-order valence-electron chi connectivity index (χ2n) is 14.4. The van der Waals surface area contributed by atoms with Crippen LogP contribution in [-0.4, -0.2) is 39.7 Å². The van der Waals surface area contributed by atoms with Gasteiger partial charge in [0.15, 0.2) is 0 Å². The number of hydrogen-bond donors (Lipinski definition) is 1. The molecule has 4 amide bonds. The first-order chi connectivity index (χ1) is 23.1. The van der Waals surface area contributed by atoms with E-state index < -0.39 is 35.0 Å². The molecule has 48 heavy (non-hydrogen) atoms. The van der Waals surface area contributed by atoms with Gasteiger partial charge in [-0.2, -0.15) is 0 Å². The van der Waals surface area contributed by atoms with Crippen molar-refractivity contribution in [1.29, 1.82) is 0 Å². The molecule has 4 fully saturated rings. The minimum Gasteiger partial charge on any atom is -0.507 e. The molecule has 2 saturated heterocycles. The molecule has 3 aromatic rings. The van der Waals surface area contributed by atoms with Gasteiger partial charge in [-0.3, -0.25) is 24.1 Å². The van der Waals surface area contributed by atoms with Crippen molar-refractivity contribution in [3.63, 3.8) is 0 Å². The van der Waals surface area contributed by atoms with Gasteiger partial charge in [0, 0.05) is 17.0 Å². The maximum Gasteiger partial charge on any atom is 0.246 e. The van der Waals surface area contributed by atoms with Crippen LogP contribution in [0.15, 0.2) is 78.4 Å². The number of anilines is 1. The van der Waals surface area contributed by atoms with Crippen molar-refractivity contribution in [2.75, 3.05) is 4.90 Å². The lowest BCUT2D eigenvalue weighted by Crippen LogP contribution is -2.53. The summed E-state index contributed by atoms with van der Waals surface area (Å²) in [5.41, 5.74) is 2.87. The predicted octanol–water partition coefficient (Wildman–Crippen LogP) is 7.16. The second kappa shape index (κ2) is 11.4. The van der Waals surface area contributed by atoms with Crippen LogP contribution in [0.4, 0.5) is 5.69 Å². The lowest BCUT2D eigenvalue weighted by atomic mass is 9.49. The Kier molecular flexibility index (Phi) is 7.40. The van der Waals surface area contributed by atoms with E-state index in [4.69, 9.17) is 11.6 Å². The summed E-state index contributed by atoms with van der Waals surface area (Å²) < 4.78 is 0. The van der Waals surface area contributed by atoms with E-state index in [0.29, 0.717) is 28.3 Å². The molecule has 3 aromatic carbocycles. The van der Waals surface area contributed by atoms with Crippen LogP contribution in [0, 0.1) is 37.5 Å². The Morgan fingerprint density at radius 2 is 1.52 bits per heavy atom. The van der Waals surface area contributed by atoms with Crippen LogP contribution in [0.5, 0.6) is 5.75 Å². The highest BCUT2D eigenvalue weighted by molar-refractivity contribution is 6.32. The topological polar surface area (TPSA) is 95.0 Å². The van der Waals surface area contributed by atoms with Crippen LogP contribution < -0.4 is 4.90 Å². The van der Waals surface area contributed by atoms with Gasteiger partial charge in [0.1, 0.15) is 5.75 Å². The van der Waals surface area contributed by atoms with E-state index in [9.17, 15) is 19.5 Å². The minimum absolute atomic E-state index is 0.0778. The first-order valence-electron chi connectivity index (χ1n) is 17.2. The Morgan fingerprint density at radius 1 is 0.812 bits per heavy atom. The number of likely N-dealkylation sites (tertiary alicyclic amines) is 1. The van der Waals surface area contributed by atoms with Crippen LogP contribution in [0.1, 0.15) is 73.1 Å². The SMILES string of the molecule is Cc1cc([C@H]2C3=CC[C@@H]4C(=O)N(C5CCCCC5)C(=O)[C@@H]4[C@@H]3C[C@H]3C(=O)N(c4cccc(Cl)c4)C(=O)[C@@]23c2ccccc2)cc(C)c1O. The van der Waals surface area contributed by atoms with Crippen LogP contribution in [0.25, 0.3) is 0 Å². The molecule has 5 aliphatic rings. The summed E-state index contributed by atoms with van der Waals surface area (Å²) in [6, 6.07) is 20.1. The number of phenolic OH excluding ortho intramolecular Hbond substituents is 1. The van der Waals surface area contributed by atoms with Crippen molar-refractivity contribution < 1.29 is 24.3 Å². The predicted molar refractivity (Wildman–Crippen MR) is 182 cm³/mol. The second-order valence-corrected chi connectivity index (χ2v) is 14.9. The van der Waals surface area contributed by atoms with Gasteiger partial charge in [0.05, 0.1) is 28.9 Å². The minimum atomic E-state index is -1.33. The third-order valence-corrected chi connectivity index (χ3v) is 12.2. The summed E-state index contributed by atoms with van der Waals surface area (Å²) in [6.07, 6.45) is 7.57. The van der Waals surface area contributed by atoms with Gasteiger partial charge in [-0.15, -0.1) is 0 Å².